The van der Waals surface area contributed by atoms with Crippen molar-refractivity contribution in [1.82, 2.24) is 5.32 Å². The molecule has 0 aliphatic heterocycles. The largest absolute Gasteiger partial charge is 0.351 e. The molecular formula is C17H15BrClFN2O2. The van der Waals surface area contributed by atoms with Gasteiger partial charge in [-0.3, -0.25) is 9.59 Å². The summed E-state index contributed by atoms with van der Waals surface area (Å²) in [6.07, 6.45) is 0.0723. The van der Waals surface area contributed by atoms with E-state index in [0.717, 1.165) is 11.6 Å². The zero-order chi connectivity index (χ0) is 17.7. The minimum absolute atomic E-state index is 0.0723. The Morgan fingerprint density at radius 3 is 2.67 bits per heavy atom. The molecule has 2 aromatic carbocycles. The number of aryl methyl sites for hydroxylation is 1. The fourth-order valence-corrected chi connectivity index (χ4v) is 2.70. The van der Waals surface area contributed by atoms with Gasteiger partial charge >= 0.3 is 0 Å². The molecule has 2 aromatic rings. The van der Waals surface area contributed by atoms with Crippen molar-refractivity contribution in [3.05, 3.63) is 62.8 Å². The Morgan fingerprint density at radius 2 is 1.96 bits per heavy atom. The van der Waals surface area contributed by atoms with E-state index in [9.17, 15) is 14.0 Å². The lowest BCUT2D eigenvalue weighted by atomic mass is 10.2. The van der Waals surface area contributed by atoms with E-state index in [-0.39, 0.29) is 24.4 Å². The maximum Gasteiger partial charge on any atom is 0.252 e. The van der Waals surface area contributed by atoms with Crippen LogP contribution in [0, 0.1) is 12.7 Å². The second-order valence-electron chi connectivity index (χ2n) is 5.16. The molecule has 0 spiro atoms. The lowest BCUT2D eigenvalue weighted by Gasteiger charge is -2.09. The van der Waals surface area contributed by atoms with E-state index in [1.165, 1.54) is 12.1 Å². The number of halogens is 3. The first-order valence-electron chi connectivity index (χ1n) is 7.16. The summed E-state index contributed by atoms with van der Waals surface area (Å²) < 4.78 is 13.7. The second-order valence-corrected chi connectivity index (χ2v) is 6.42. The van der Waals surface area contributed by atoms with Gasteiger partial charge in [-0.15, -0.1) is 0 Å². The third-order valence-electron chi connectivity index (χ3n) is 3.21. The minimum atomic E-state index is -0.505. The average Bonchev–Trinajstić information content (AvgIpc) is 2.52. The quantitative estimate of drug-likeness (QED) is 0.767. The predicted molar refractivity (Wildman–Crippen MR) is 95.9 cm³/mol. The molecule has 7 heteroatoms. The third-order valence-corrected chi connectivity index (χ3v) is 4.21. The molecule has 0 saturated carbocycles. The van der Waals surface area contributed by atoms with Gasteiger partial charge in [0.15, 0.2) is 0 Å². The van der Waals surface area contributed by atoms with Crippen molar-refractivity contribution in [2.75, 3.05) is 11.9 Å². The molecule has 0 saturated heterocycles. The number of carbonyl (C=O) groups excluding carboxylic acids is 2. The molecule has 4 nitrogen and oxygen atoms in total. The van der Waals surface area contributed by atoms with E-state index in [4.69, 9.17) is 11.6 Å². The number of carbonyl (C=O) groups is 2. The normalized spacial score (nSPS) is 10.3. The molecule has 126 valence electrons. The van der Waals surface area contributed by atoms with Gasteiger partial charge < -0.3 is 10.6 Å². The van der Waals surface area contributed by atoms with Crippen LogP contribution >= 0.6 is 27.5 Å². The first-order chi connectivity index (χ1) is 11.4. The number of anilines is 1. The molecule has 0 heterocycles. The molecule has 0 atom stereocenters. The fourth-order valence-electron chi connectivity index (χ4n) is 1.99. The average molecular weight is 414 g/mol. The molecule has 2 N–H and O–H groups in total. The van der Waals surface area contributed by atoms with E-state index in [1.54, 1.807) is 12.1 Å². The highest BCUT2D eigenvalue weighted by Crippen LogP contribution is 2.22. The van der Waals surface area contributed by atoms with Crippen molar-refractivity contribution in [3.8, 4) is 0 Å². The Kier molecular flexibility index (Phi) is 6.34. The standard InChI is InChI=1S/C17H15BrClFN2O2/c1-10-2-5-15(14(19)8-10)22-16(23)6-7-21-17(24)12-9-11(20)3-4-13(12)18/h2-5,8-9H,6-7H2,1H3,(H,21,24)(H,22,23). The van der Waals surface area contributed by atoms with Crippen LogP contribution < -0.4 is 10.6 Å². The number of amides is 2. The summed E-state index contributed by atoms with van der Waals surface area (Å²) in [7, 11) is 0. The monoisotopic (exact) mass is 412 g/mol. The van der Waals surface area contributed by atoms with Crippen molar-refractivity contribution in [3.63, 3.8) is 0 Å². The summed E-state index contributed by atoms with van der Waals surface area (Å²) in [4.78, 5) is 23.9. The van der Waals surface area contributed by atoms with Crippen LogP contribution in [-0.4, -0.2) is 18.4 Å². The summed E-state index contributed by atoms with van der Waals surface area (Å²) in [5.74, 6) is -1.24. The number of rotatable bonds is 5. The Balaban J connectivity index is 1.86. The van der Waals surface area contributed by atoms with Gasteiger partial charge in [0.25, 0.3) is 5.91 Å². The van der Waals surface area contributed by atoms with Crippen LogP contribution in [0.3, 0.4) is 0 Å². The summed E-state index contributed by atoms with van der Waals surface area (Å²) >= 11 is 9.23. The molecule has 0 bridgehead atoms. The van der Waals surface area contributed by atoms with Gasteiger partial charge in [-0.05, 0) is 58.7 Å². The van der Waals surface area contributed by atoms with Crippen LogP contribution in [0.1, 0.15) is 22.3 Å². The zero-order valence-corrected chi connectivity index (χ0v) is 15.2. The van der Waals surface area contributed by atoms with Crippen molar-refractivity contribution in [1.29, 1.82) is 0 Å². The fraction of sp³-hybridized carbons (Fsp3) is 0.176. The van der Waals surface area contributed by atoms with E-state index >= 15 is 0 Å². The highest BCUT2D eigenvalue weighted by atomic mass is 79.9. The lowest BCUT2D eigenvalue weighted by Crippen LogP contribution is -2.28. The van der Waals surface area contributed by atoms with Gasteiger partial charge in [0.05, 0.1) is 16.3 Å². The molecule has 0 unspecified atom stereocenters. The van der Waals surface area contributed by atoms with Crippen molar-refractivity contribution < 1.29 is 14.0 Å². The second kappa shape index (κ2) is 8.26. The lowest BCUT2D eigenvalue weighted by molar-refractivity contribution is -0.116. The van der Waals surface area contributed by atoms with E-state index in [0.29, 0.717) is 15.2 Å². The van der Waals surface area contributed by atoms with Crippen LogP contribution in [0.25, 0.3) is 0 Å². The van der Waals surface area contributed by atoms with Gasteiger partial charge in [0.1, 0.15) is 5.82 Å². The third kappa shape index (κ3) is 5.04. The SMILES string of the molecule is Cc1ccc(NC(=O)CCNC(=O)c2cc(F)ccc2Br)c(Cl)c1. The van der Waals surface area contributed by atoms with Crippen LogP contribution in [0.5, 0.6) is 0 Å². The zero-order valence-electron chi connectivity index (χ0n) is 12.8. The summed E-state index contributed by atoms with van der Waals surface area (Å²) in [5, 5.41) is 5.71. The highest BCUT2D eigenvalue weighted by molar-refractivity contribution is 9.10. The maximum absolute atomic E-state index is 13.2. The summed E-state index contributed by atoms with van der Waals surface area (Å²) in [6, 6.07) is 9.14. The number of benzene rings is 2. The molecule has 0 aromatic heterocycles. The Morgan fingerprint density at radius 1 is 1.21 bits per heavy atom. The number of hydrogen-bond donors (Lipinski definition) is 2. The van der Waals surface area contributed by atoms with Gasteiger partial charge in [-0.2, -0.15) is 0 Å². The Labute approximate surface area is 152 Å². The Hall–Kier alpha value is -1.92. The smallest absolute Gasteiger partial charge is 0.252 e. The van der Waals surface area contributed by atoms with Crippen molar-refractivity contribution >= 4 is 45.0 Å². The van der Waals surface area contributed by atoms with Crippen LogP contribution in [0.15, 0.2) is 40.9 Å². The van der Waals surface area contributed by atoms with Gasteiger partial charge in [0, 0.05) is 17.4 Å². The highest BCUT2D eigenvalue weighted by Gasteiger charge is 2.12. The first kappa shape index (κ1) is 18.4. The van der Waals surface area contributed by atoms with Crippen LogP contribution in [0.2, 0.25) is 5.02 Å². The molecule has 0 aliphatic carbocycles. The van der Waals surface area contributed by atoms with Gasteiger partial charge in [-0.1, -0.05) is 17.7 Å². The van der Waals surface area contributed by atoms with Crippen molar-refractivity contribution in [2.24, 2.45) is 0 Å². The van der Waals surface area contributed by atoms with Crippen LogP contribution in [0.4, 0.5) is 10.1 Å². The van der Waals surface area contributed by atoms with Crippen LogP contribution in [-0.2, 0) is 4.79 Å². The molecule has 0 fully saturated rings. The summed E-state index contributed by atoms with van der Waals surface area (Å²) in [6.45, 7) is 2.02. The molecular weight excluding hydrogens is 399 g/mol. The topological polar surface area (TPSA) is 58.2 Å². The molecule has 2 rings (SSSR count). The van der Waals surface area contributed by atoms with Crippen molar-refractivity contribution in [2.45, 2.75) is 13.3 Å². The van der Waals surface area contributed by atoms with Gasteiger partial charge in [-0.25, -0.2) is 4.39 Å². The molecule has 2 amide bonds. The Bertz CT molecular complexity index is 783. The first-order valence-corrected chi connectivity index (χ1v) is 8.33. The van der Waals surface area contributed by atoms with E-state index in [2.05, 4.69) is 26.6 Å². The number of hydrogen-bond acceptors (Lipinski definition) is 2. The van der Waals surface area contributed by atoms with Gasteiger partial charge in [0.2, 0.25) is 5.91 Å². The predicted octanol–water partition coefficient (Wildman–Crippen LogP) is 4.31. The van der Waals surface area contributed by atoms with E-state index in [1.807, 2.05) is 13.0 Å². The number of nitrogens with one attached hydrogen (secondary N) is 2. The maximum atomic E-state index is 13.2. The molecule has 0 aliphatic rings. The minimum Gasteiger partial charge on any atom is -0.351 e. The summed E-state index contributed by atoms with van der Waals surface area (Å²) in [5.41, 5.74) is 1.69. The molecule has 24 heavy (non-hydrogen) atoms. The molecule has 0 radical (unpaired) electrons. The van der Waals surface area contributed by atoms with E-state index < -0.39 is 11.7 Å².